The maximum absolute atomic E-state index is 2.75. The Morgan fingerprint density at radius 2 is 1.07 bits per heavy atom. The van der Waals surface area contributed by atoms with Crippen LogP contribution >= 0.6 is 0 Å². The monoisotopic (exact) mass is 1100 g/mol. The second-order valence-corrected chi connectivity index (χ2v) is 32.1. The summed E-state index contributed by atoms with van der Waals surface area (Å²) in [5, 5.41) is 0. The van der Waals surface area contributed by atoms with Crippen molar-refractivity contribution in [1.29, 1.82) is 0 Å². The average molecular weight is 1100 g/mol. The van der Waals surface area contributed by atoms with E-state index in [4.69, 9.17) is 0 Å². The molecule has 0 saturated heterocycles. The van der Waals surface area contributed by atoms with Gasteiger partial charge in [-0.1, -0.05) is 214 Å². The molecular weight excluding hydrogens is 1010 g/mol. The summed E-state index contributed by atoms with van der Waals surface area (Å²) in [6.07, 6.45) is 8.54. The molecule has 0 spiro atoms. The Kier molecular flexibility index (Phi) is 11.2. The molecule has 0 bridgehead atoms. The first-order valence-corrected chi connectivity index (χ1v) is 32.3. The third-order valence-corrected chi connectivity index (χ3v) is 24.0. The quantitative estimate of drug-likeness (QED) is 0.159. The topological polar surface area (TPSA) is 6.48 Å². The van der Waals surface area contributed by atoms with Crippen LogP contribution < -0.4 is 26.2 Å². The molecule has 8 aromatic rings. The molecule has 3 unspecified atom stereocenters. The average Bonchev–Trinajstić information content (AvgIpc) is 0.921. The van der Waals surface area contributed by atoms with Gasteiger partial charge in [-0.25, -0.2) is 0 Å². The molecule has 1 fully saturated rings. The Bertz CT molecular complexity index is 4170. The predicted molar refractivity (Wildman–Crippen MR) is 359 cm³/mol. The van der Waals surface area contributed by atoms with E-state index in [2.05, 4.69) is 267 Å². The Hall–Kier alpha value is -6.58. The van der Waals surface area contributed by atoms with Crippen molar-refractivity contribution in [2.75, 3.05) is 9.80 Å². The summed E-state index contributed by atoms with van der Waals surface area (Å²) >= 11 is 0. The van der Waals surface area contributed by atoms with E-state index in [0.717, 1.165) is 19.3 Å². The Labute approximate surface area is 504 Å². The zero-order chi connectivity index (χ0) is 59.0. The van der Waals surface area contributed by atoms with E-state index < -0.39 is 0 Å². The van der Waals surface area contributed by atoms with Crippen molar-refractivity contribution in [3.63, 3.8) is 0 Å². The largest absolute Gasteiger partial charge is 0.311 e. The first-order valence-electron chi connectivity index (χ1n) is 32.3. The summed E-state index contributed by atoms with van der Waals surface area (Å²) < 4.78 is 0. The molecule has 2 aliphatic heterocycles. The molecule has 3 atom stereocenters. The van der Waals surface area contributed by atoms with Gasteiger partial charge in [0.2, 0.25) is 0 Å². The van der Waals surface area contributed by atoms with Gasteiger partial charge in [-0.05, 0) is 227 Å². The molecular formula is C81H89BN2. The van der Waals surface area contributed by atoms with Gasteiger partial charge in [-0.15, -0.1) is 0 Å². The molecule has 2 nitrogen and oxygen atoms in total. The summed E-state index contributed by atoms with van der Waals surface area (Å²) in [6, 6.07) is 57.2. The number of anilines is 6. The fraction of sp³-hybridized carbons (Fsp3) is 0.407. The molecule has 2 heterocycles. The Morgan fingerprint density at radius 1 is 0.476 bits per heavy atom. The number of aryl methyl sites for hydroxylation is 3. The highest BCUT2D eigenvalue weighted by atomic mass is 15.2. The van der Waals surface area contributed by atoms with E-state index >= 15 is 0 Å². The normalized spacial score (nSPS) is 23.3. The highest BCUT2D eigenvalue weighted by molar-refractivity contribution is 7.00. The van der Waals surface area contributed by atoms with Gasteiger partial charge in [0.05, 0.1) is 0 Å². The molecule has 0 amide bonds. The molecule has 8 aromatic carbocycles. The minimum atomic E-state index is -0.211. The van der Waals surface area contributed by atoms with Crippen LogP contribution in [0, 0.1) is 19.3 Å². The molecule has 15 rings (SSSR count). The summed E-state index contributed by atoms with van der Waals surface area (Å²) in [6.45, 7) is 41.9. The van der Waals surface area contributed by atoms with Crippen LogP contribution in [0.5, 0.6) is 0 Å². The van der Waals surface area contributed by atoms with Crippen molar-refractivity contribution in [3.05, 3.63) is 217 Å². The van der Waals surface area contributed by atoms with Crippen molar-refractivity contribution in [2.24, 2.45) is 5.41 Å². The van der Waals surface area contributed by atoms with Crippen LogP contribution in [0.1, 0.15) is 226 Å². The van der Waals surface area contributed by atoms with Crippen LogP contribution in [-0.4, -0.2) is 6.71 Å². The van der Waals surface area contributed by atoms with Gasteiger partial charge >= 0.3 is 0 Å². The van der Waals surface area contributed by atoms with Crippen molar-refractivity contribution < 1.29 is 0 Å². The lowest BCUT2D eigenvalue weighted by molar-refractivity contribution is 0.0763. The van der Waals surface area contributed by atoms with Crippen LogP contribution in [0.15, 0.2) is 140 Å². The van der Waals surface area contributed by atoms with E-state index in [1.165, 1.54) is 154 Å². The predicted octanol–water partition coefficient (Wildman–Crippen LogP) is 19.5. The highest BCUT2D eigenvalue weighted by Crippen LogP contribution is 2.67. The number of fused-ring (bicyclic) bond motifs is 13. The highest BCUT2D eigenvalue weighted by Gasteiger charge is 2.58. The van der Waals surface area contributed by atoms with Gasteiger partial charge in [0, 0.05) is 50.4 Å². The van der Waals surface area contributed by atoms with E-state index in [9.17, 15) is 0 Å². The zero-order valence-corrected chi connectivity index (χ0v) is 53.8. The van der Waals surface area contributed by atoms with E-state index in [0.29, 0.717) is 5.92 Å². The number of hydrogen-bond acceptors (Lipinski definition) is 2. The number of rotatable bonds is 5. The second kappa shape index (κ2) is 17.3. The van der Waals surface area contributed by atoms with E-state index in [1.807, 2.05) is 0 Å². The molecule has 5 aliphatic carbocycles. The van der Waals surface area contributed by atoms with Crippen LogP contribution in [0.4, 0.5) is 34.1 Å². The summed E-state index contributed by atoms with van der Waals surface area (Å²) in [5.41, 5.74) is 35.2. The van der Waals surface area contributed by atoms with Crippen LogP contribution in [-0.2, 0) is 44.3 Å². The minimum absolute atomic E-state index is 0.00306. The third kappa shape index (κ3) is 7.17. The van der Waals surface area contributed by atoms with Gasteiger partial charge in [-0.2, -0.15) is 0 Å². The molecule has 0 aromatic heterocycles. The first kappa shape index (κ1) is 54.1. The fourth-order valence-electron chi connectivity index (χ4n) is 19.5. The molecule has 0 N–H and O–H groups in total. The van der Waals surface area contributed by atoms with E-state index in [-0.39, 0.29) is 50.0 Å². The van der Waals surface area contributed by atoms with Crippen LogP contribution in [0.25, 0.3) is 11.1 Å². The first-order chi connectivity index (χ1) is 39.6. The lowest BCUT2D eigenvalue weighted by atomic mass is 9.33. The summed E-state index contributed by atoms with van der Waals surface area (Å²) in [4.78, 5) is 5.47. The molecule has 3 heteroatoms. The molecule has 0 radical (unpaired) electrons. The molecule has 84 heavy (non-hydrogen) atoms. The second-order valence-electron chi connectivity index (χ2n) is 32.1. The molecule has 1 saturated carbocycles. The lowest BCUT2D eigenvalue weighted by Gasteiger charge is -2.49. The van der Waals surface area contributed by atoms with Crippen molar-refractivity contribution in [2.45, 2.75) is 206 Å². The lowest BCUT2D eigenvalue weighted by Crippen LogP contribution is -2.62. The minimum Gasteiger partial charge on any atom is -0.311 e. The number of hydrogen-bond donors (Lipinski definition) is 0. The third-order valence-electron chi connectivity index (χ3n) is 24.0. The fourth-order valence-corrected chi connectivity index (χ4v) is 19.5. The Balaban J connectivity index is 0.971. The van der Waals surface area contributed by atoms with Crippen LogP contribution in [0.2, 0.25) is 0 Å². The smallest absolute Gasteiger partial charge is 0.252 e. The Morgan fingerprint density at radius 3 is 1.77 bits per heavy atom. The number of nitrogens with zero attached hydrogens (tertiary/aromatic N) is 2. The maximum Gasteiger partial charge on any atom is 0.252 e. The summed E-state index contributed by atoms with van der Waals surface area (Å²) in [5.74, 6) is 0.504. The van der Waals surface area contributed by atoms with Crippen molar-refractivity contribution >= 4 is 57.2 Å². The van der Waals surface area contributed by atoms with E-state index in [1.54, 1.807) is 11.1 Å². The van der Waals surface area contributed by atoms with Gasteiger partial charge in [-0.3, -0.25) is 0 Å². The SMILES string of the molecule is Cc1cc2c3c(c1)N(c1cc4c(cc1C)C(C)(C)CC4(C)C)c1cc4c(cc1B3c1ccc(CCC3c5ccc(C(C)(C)C)cc5C5(C)CCCCC35C)cc1N2c1ccc2c(c1)-c1ccccc1C2(C)C)C(C)(C)c1ccccc1C4(C)C. The van der Waals surface area contributed by atoms with Crippen molar-refractivity contribution in [1.82, 2.24) is 0 Å². The van der Waals surface area contributed by atoms with Crippen molar-refractivity contribution in [3.8, 4) is 11.1 Å². The van der Waals surface area contributed by atoms with Gasteiger partial charge in [0.1, 0.15) is 0 Å². The van der Waals surface area contributed by atoms with Crippen LogP contribution in [0.3, 0.4) is 0 Å². The molecule has 426 valence electrons. The zero-order valence-electron chi connectivity index (χ0n) is 53.8. The van der Waals surface area contributed by atoms with Gasteiger partial charge < -0.3 is 9.80 Å². The number of benzene rings is 8. The maximum atomic E-state index is 2.75. The van der Waals surface area contributed by atoms with Gasteiger partial charge in [0.15, 0.2) is 0 Å². The summed E-state index contributed by atoms with van der Waals surface area (Å²) in [7, 11) is 0. The van der Waals surface area contributed by atoms with Gasteiger partial charge in [0.25, 0.3) is 6.71 Å². The standard InChI is InChI=1S/C81H89BN2/c1-48-38-71-73-72(39-48)84(68-45-63-62(40-49(68)2)75(6,7)47-76(63,8)9)70-46-65-64(78(12,13)59-26-20-21-27-60(59)79(65,14)15)44-67(70)82(73)66-35-29-50(41-69(66)83(71)52-31-34-57-55(43-52)53-24-18-19-25-56(53)77(57,10)11)28-33-58-54-32-30-51(74(3,4)5)42-61(54)81(17)37-23-22-36-80(58,81)16/h18-21,24-27,29-32,34-35,38-46,58H,22-23,28,33,36-37,47H2,1-17H3. The molecule has 7 aliphatic rings.